The number of nitrogens with two attached hydrogens (primary N) is 1. The molecule has 0 atom stereocenters. The third kappa shape index (κ3) is 4.67. The lowest BCUT2D eigenvalue weighted by Gasteiger charge is -2.08. The number of hydrogen-bond donors (Lipinski definition) is 3. The van der Waals surface area contributed by atoms with Crippen LogP contribution >= 0.6 is 0 Å². The second kappa shape index (κ2) is 7.22. The average molecular weight is 311 g/mol. The van der Waals surface area contributed by atoms with Crippen LogP contribution in [0.2, 0.25) is 0 Å². The number of carbonyl (C=O) groups is 3. The van der Waals surface area contributed by atoms with Gasteiger partial charge < -0.3 is 16.4 Å². The first kappa shape index (κ1) is 16.2. The standard InChI is InChI=1S/C17H17N3O3/c1-11(21)20-15-4-2-3-14(9-15)17(23)19-10-12-5-7-13(8-6-12)16(18)22/h2-9H,10H2,1H3,(H2,18,22)(H,19,23)(H,20,21). The number of nitrogens with one attached hydrogen (secondary N) is 2. The smallest absolute Gasteiger partial charge is 0.251 e. The molecule has 0 spiro atoms. The van der Waals surface area contributed by atoms with E-state index in [0.29, 0.717) is 23.4 Å². The first-order valence-electron chi connectivity index (χ1n) is 7.00. The molecular weight excluding hydrogens is 294 g/mol. The minimum Gasteiger partial charge on any atom is -0.366 e. The van der Waals surface area contributed by atoms with Crippen molar-refractivity contribution < 1.29 is 14.4 Å². The molecule has 0 aliphatic rings. The number of amides is 3. The van der Waals surface area contributed by atoms with E-state index in [2.05, 4.69) is 10.6 Å². The Kier molecular flexibility index (Phi) is 5.09. The Morgan fingerprint density at radius 3 is 2.30 bits per heavy atom. The Morgan fingerprint density at radius 1 is 1.00 bits per heavy atom. The molecule has 0 fully saturated rings. The molecule has 2 aromatic rings. The Morgan fingerprint density at radius 2 is 1.70 bits per heavy atom. The molecule has 118 valence electrons. The van der Waals surface area contributed by atoms with Crippen molar-refractivity contribution in [3.8, 4) is 0 Å². The van der Waals surface area contributed by atoms with Gasteiger partial charge in [0.25, 0.3) is 5.91 Å². The summed E-state index contributed by atoms with van der Waals surface area (Å²) in [7, 11) is 0. The van der Waals surface area contributed by atoms with Crippen molar-refractivity contribution in [1.82, 2.24) is 5.32 Å². The lowest BCUT2D eigenvalue weighted by molar-refractivity contribution is -0.114. The molecular formula is C17H17N3O3. The Labute approximate surface area is 133 Å². The van der Waals surface area contributed by atoms with Crippen LogP contribution in [0.3, 0.4) is 0 Å². The maximum atomic E-state index is 12.1. The fraction of sp³-hybridized carbons (Fsp3) is 0.118. The summed E-state index contributed by atoms with van der Waals surface area (Å²) in [5, 5.41) is 5.40. The van der Waals surface area contributed by atoms with E-state index >= 15 is 0 Å². The molecule has 3 amide bonds. The number of anilines is 1. The van der Waals surface area contributed by atoms with Gasteiger partial charge in [-0.25, -0.2) is 0 Å². The van der Waals surface area contributed by atoms with Crippen LogP contribution in [0, 0.1) is 0 Å². The molecule has 0 aliphatic heterocycles. The van der Waals surface area contributed by atoms with Gasteiger partial charge in [-0.15, -0.1) is 0 Å². The van der Waals surface area contributed by atoms with E-state index in [1.165, 1.54) is 6.92 Å². The van der Waals surface area contributed by atoms with E-state index in [9.17, 15) is 14.4 Å². The highest BCUT2D eigenvalue weighted by molar-refractivity contribution is 5.96. The Hall–Kier alpha value is -3.15. The van der Waals surface area contributed by atoms with E-state index in [-0.39, 0.29) is 11.8 Å². The quantitative estimate of drug-likeness (QED) is 0.783. The fourth-order valence-electron chi connectivity index (χ4n) is 2.01. The topological polar surface area (TPSA) is 101 Å². The monoisotopic (exact) mass is 311 g/mol. The predicted molar refractivity (Wildman–Crippen MR) is 86.9 cm³/mol. The van der Waals surface area contributed by atoms with E-state index < -0.39 is 5.91 Å². The lowest BCUT2D eigenvalue weighted by Crippen LogP contribution is -2.23. The summed E-state index contributed by atoms with van der Waals surface area (Å²) in [5.41, 5.74) is 7.45. The van der Waals surface area contributed by atoms with Crippen molar-refractivity contribution in [3.63, 3.8) is 0 Å². The summed E-state index contributed by atoms with van der Waals surface area (Å²) < 4.78 is 0. The van der Waals surface area contributed by atoms with Gasteiger partial charge in [-0.3, -0.25) is 14.4 Å². The van der Waals surface area contributed by atoms with Crippen LogP contribution in [-0.4, -0.2) is 17.7 Å². The number of hydrogen-bond acceptors (Lipinski definition) is 3. The molecule has 23 heavy (non-hydrogen) atoms. The van der Waals surface area contributed by atoms with Crippen LogP contribution in [0.4, 0.5) is 5.69 Å². The van der Waals surface area contributed by atoms with E-state index in [4.69, 9.17) is 5.73 Å². The van der Waals surface area contributed by atoms with Crippen LogP contribution in [0.25, 0.3) is 0 Å². The first-order valence-corrected chi connectivity index (χ1v) is 7.00. The zero-order valence-electron chi connectivity index (χ0n) is 12.6. The number of benzene rings is 2. The van der Waals surface area contributed by atoms with Crippen LogP contribution in [-0.2, 0) is 11.3 Å². The van der Waals surface area contributed by atoms with Crippen molar-refractivity contribution >= 4 is 23.4 Å². The maximum Gasteiger partial charge on any atom is 0.251 e. The SMILES string of the molecule is CC(=O)Nc1cccc(C(=O)NCc2ccc(C(N)=O)cc2)c1. The molecule has 0 saturated carbocycles. The predicted octanol–water partition coefficient (Wildman–Crippen LogP) is 1.67. The second-order valence-electron chi connectivity index (χ2n) is 5.01. The van der Waals surface area contributed by atoms with Crippen molar-refractivity contribution in [2.75, 3.05) is 5.32 Å². The van der Waals surface area contributed by atoms with Gasteiger partial charge in [0.05, 0.1) is 0 Å². The van der Waals surface area contributed by atoms with Crippen LogP contribution in [0.1, 0.15) is 33.2 Å². The molecule has 6 heteroatoms. The van der Waals surface area contributed by atoms with E-state index in [1.807, 2.05) is 0 Å². The molecule has 0 heterocycles. The summed E-state index contributed by atoms with van der Waals surface area (Å²) in [4.78, 5) is 34.2. The van der Waals surface area contributed by atoms with Gasteiger partial charge in [0.1, 0.15) is 0 Å². The highest BCUT2D eigenvalue weighted by Gasteiger charge is 2.07. The normalized spacial score (nSPS) is 9.96. The molecule has 0 aromatic heterocycles. The molecule has 0 saturated heterocycles. The van der Waals surface area contributed by atoms with Crippen molar-refractivity contribution in [2.45, 2.75) is 13.5 Å². The van der Waals surface area contributed by atoms with Crippen LogP contribution in [0.15, 0.2) is 48.5 Å². The summed E-state index contributed by atoms with van der Waals surface area (Å²) in [6, 6.07) is 13.4. The van der Waals surface area contributed by atoms with Gasteiger partial charge in [0.15, 0.2) is 0 Å². The highest BCUT2D eigenvalue weighted by Crippen LogP contribution is 2.11. The molecule has 6 nitrogen and oxygen atoms in total. The van der Waals surface area contributed by atoms with Crippen LogP contribution in [0.5, 0.6) is 0 Å². The zero-order chi connectivity index (χ0) is 16.8. The van der Waals surface area contributed by atoms with Gasteiger partial charge in [0.2, 0.25) is 11.8 Å². The lowest BCUT2D eigenvalue weighted by atomic mass is 10.1. The second-order valence-corrected chi connectivity index (χ2v) is 5.01. The zero-order valence-corrected chi connectivity index (χ0v) is 12.6. The molecule has 0 radical (unpaired) electrons. The van der Waals surface area contributed by atoms with Crippen LogP contribution < -0.4 is 16.4 Å². The minimum absolute atomic E-state index is 0.197. The maximum absolute atomic E-state index is 12.1. The van der Waals surface area contributed by atoms with E-state index in [1.54, 1.807) is 48.5 Å². The third-order valence-electron chi connectivity index (χ3n) is 3.14. The summed E-state index contributed by atoms with van der Waals surface area (Å²) in [6.45, 7) is 1.73. The number of primary amides is 1. The number of carbonyl (C=O) groups excluding carboxylic acids is 3. The Bertz CT molecular complexity index is 739. The van der Waals surface area contributed by atoms with Gasteiger partial charge in [-0.1, -0.05) is 18.2 Å². The average Bonchev–Trinajstić information content (AvgIpc) is 2.52. The molecule has 2 rings (SSSR count). The first-order chi connectivity index (χ1) is 11.0. The molecule has 2 aromatic carbocycles. The van der Waals surface area contributed by atoms with Gasteiger partial charge in [0, 0.05) is 30.3 Å². The van der Waals surface area contributed by atoms with Gasteiger partial charge in [-0.2, -0.15) is 0 Å². The van der Waals surface area contributed by atoms with Gasteiger partial charge in [-0.05, 0) is 35.9 Å². The van der Waals surface area contributed by atoms with Crippen molar-refractivity contribution in [1.29, 1.82) is 0 Å². The summed E-state index contributed by atoms with van der Waals surface area (Å²) >= 11 is 0. The molecule has 4 N–H and O–H groups in total. The molecule has 0 unspecified atom stereocenters. The summed E-state index contributed by atoms with van der Waals surface area (Å²) in [6.07, 6.45) is 0. The summed E-state index contributed by atoms with van der Waals surface area (Å²) in [5.74, 6) is -0.941. The largest absolute Gasteiger partial charge is 0.366 e. The fourth-order valence-corrected chi connectivity index (χ4v) is 2.01. The number of rotatable bonds is 5. The molecule has 0 aliphatic carbocycles. The molecule has 0 bridgehead atoms. The van der Waals surface area contributed by atoms with Crippen molar-refractivity contribution in [2.24, 2.45) is 5.73 Å². The Balaban J connectivity index is 1.99. The highest BCUT2D eigenvalue weighted by atomic mass is 16.2. The minimum atomic E-state index is -0.490. The van der Waals surface area contributed by atoms with Crippen molar-refractivity contribution in [3.05, 3.63) is 65.2 Å². The third-order valence-corrected chi connectivity index (χ3v) is 3.14. The van der Waals surface area contributed by atoms with Gasteiger partial charge >= 0.3 is 0 Å². The van der Waals surface area contributed by atoms with E-state index in [0.717, 1.165) is 5.56 Å².